The van der Waals surface area contributed by atoms with Crippen molar-refractivity contribution >= 4 is 5.97 Å². The Kier molecular flexibility index (Phi) is 1.75. The van der Waals surface area contributed by atoms with Gasteiger partial charge in [0, 0.05) is 12.8 Å². The SMILES string of the molecule is C[C@@]12OC3(CCCCC3)OC(=O)[C@@]13CC[C@@H]2C3. The van der Waals surface area contributed by atoms with E-state index in [4.69, 9.17) is 9.47 Å². The van der Waals surface area contributed by atoms with Crippen molar-refractivity contribution in [3.8, 4) is 0 Å². The topological polar surface area (TPSA) is 35.5 Å². The normalized spacial score (nSPS) is 50.6. The molecular formula is C14H20O3. The molecule has 5 rings (SSSR count). The molecule has 3 heteroatoms. The van der Waals surface area contributed by atoms with Crippen molar-refractivity contribution in [2.75, 3.05) is 0 Å². The average Bonchev–Trinajstić information content (AvgIpc) is 2.86. The van der Waals surface area contributed by atoms with Gasteiger partial charge in [0.2, 0.25) is 5.79 Å². The molecule has 0 amide bonds. The first-order chi connectivity index (χ1) is 8.10. The maximum absolute atomic E-state index is 12.4. The van der Waals surface area contributed by atoms with Crippen molar-refractivity contribution < 1.29 is 14.3 Å². The maximum Gasteiger partial charge on any atom is 0.317 e. The van der Waals surface area contributed by atoms with Gasteiger partial charge in [0.15, 0.2) is 0 Å². The van der Waals surface area contributed by atoms with Crippen LogP contribution in [0.3, 0.4) is 0 Å². The molecule has 2 spiro atoms. The van der Waals surface area contributed by atoms with Crippen molar-refractivity contribution in [2.24, 2.45) is 11.3 Å². The molecule has 0 aromatic heterocycles. The van der Waals surface area contributed by atoms with E-state index in [0.29, 0.717) is 5.92 Å². The van der Waals surface area contributed by atoms with E-state index < -0.39 is 5.79 Å². The van der Waals surface area contributed by atoms with Gasteiger partial charge in [-0.15, -0.1) is 0 Å². The summed E-state index contributed by atoms with van der Waals surface area (Å²) in [5.74, 6) is 0.0763. The Morgan fingerprint density at radius 3 is 2.65 bits per heavy atom. The summed E-state index contributed by atoms with van der Waals surface area (Å²) in [5.41, 5.74) is -0.486. The standard InChI is InChI=1S/C14H20O3/c1-12-10-5-8-13(12,9-10)11(15)16-14(17-12)6-3-2-4-7-14/h10H,2-9H2,1H3/t10-,12+,13+/m1/s1. The number of rotatable bonds is 0. The summed E-state index contributed by atoms with van der Waals surface area (Å²) in [6.45, 7) is 2.16. The second-order valence-corrected chi connectivity index (χ2v) is 6.59. The number of hydrogen-bond donors (Lipinski definition) is 0. The van der Waals surface area contributed by atoms with Crippen molar-refractivity contribution in [2.45, 2.75) is 69.7 Å². The monoisotopic (exact) mass is 236 g/mol. The zero-order valence-electron chi connectivity index (χ0n) is 10.5. The largest absolute Gasteiger partial charge is 0.433 e. The molecule has 0 aromatic carbocycles. The van der Waals surface area contributed by atoms with Gasteiger partial charge in [-0.3, -0.25) is 4.79 Å². The Morgan fingerprint density at radius 2 is 1.94 bits per heavy atom. The fourth-order valence-electron chi connectivity index (χ4n) is 4.76. The molecule has 0 radical (unpaired) electrons. The second kappa shape index (κ2) is 2.87. The highest BCUT2D eigenvalue weighted by Crippen LogP contribution is 2.71. The van der Waals surface area contributed by atoms with E-state index in [-0.39, 0.29) is 17.0 Å². The minimum Gasteiger partial charge on any atom is -0.433 e. The van der Waals surface area contributed by atoms with Gasteiger partial charge in [-0.1, -0.05) is 6.42 Å². The Labute approximate surface area is 102 Å². The first-order valence-corrected chi connectivity index (χ1v) is 7.04. The predicted molar refractivity (Wildman–Crippen MR) is 61.2 cm³/mol. The van der Waals surface area contributed by atoms with Gasteiger partial charge in [-0.2, -0.15) is 0 Å². The smallest absolute Gasteiger partial charge is 0.317 e. The van der Waals surface area contributed by atoms with Crippen LogP contribution in [0.2, 0.25) is 0 Å². The molecule has 0 unspecified atom stereocenters. The Morgan fingerprint density at radius 1 is 1.18 bits per heavy atom. The van der Waals surface area contributed by atoms with Crippen molar-refractivity contribution in [1.82, 2.24) is 0 Å². The molecule has 1 aliphatic heterocycles. The summed E-state index contributed by atoms with van der Waals surface area (Å²) in [5, 5.41) is 0. The number of carbonyl (C=O) groups is 1. The molecule has 17 heavy (non-hydrogen) atoms. The molecule has 1 heterocycles. The zero-order chi connectivity index (χ0) is 11.7. The number of esters is 1. The molecule has 3 atom stereocenters. The summed E-state index contributed by atoms with van der Waals surface area (Å²) in [4.78, 5) is 12.4. The molecule has 2 bridgehead atoms. The van der Waals surface area contributed by atoms with Crippen LogP contribution in [0.15, 0.2) is 0 Å². The van der Waals surface area contributed by atoms with Crippen LogP contribution in [-0.4, -0.2) is 17.4 Å². The van der Waals surface area contributed by atoms with Crippen LogP contribution in [-0.2, 0) is 14.3 Å². The summed E-state index contributed by atoms with van der Waals surface area (Å²) in [7, 11) is 0. The number of hydrogen-bond acceptors (Lipinski definition) is 3. The average molecular weight is 236 g/mol. The molecule has 5 fully saturated rings. The number of ether oxygens (including phenoxy) is 2. The summed E-state index contributed by atoms with van der Waals surface area (Å²) >= 11 is 0. The van der Waals surface area contributed by atoms with Crippen LogP contribution in [0.5, 0.6) is 0 Å². The summed E-state index contributed by atoms with van der Waals surface area (Å²) in [6.07, 6.45) is 8.41. The van der Waals surface area contributed by atoms with E-state index in [1.54, 1.807) is 0 Å². The first-order valence-electron chi connectivity index (χ1n) is 7.04. The molecule has 5 aliphatic rings. The van der Waals surface area contributed by atoms with Gasteiger partial charge in [0.25, 0.3) is 0 Å². The highest BCUT2D eigenvalue weighted by atomic mass is 16.7. The third-order valence-corrected chi connectivity index (χ3v) is 5.93. The van der Waals surface area contributed by atoms with Gasteiger partial charge >= 0.3 is 5.97 Å². The maximum atomic E-state index is 12.4. The molecule has 94 valence electrons. The highest BCUT2D eigenvalue weighted by Gasteiger charge is 2.77. The molecule has 0 N–H and O–H groups in total. The van der Waals surface area contributed by atoms with E-state index in [9.17, 15) is 4.79 Å². The van der Waals surface area contributed by atoms with Gasteiger partial charge in [-0.25, -0.2) is 0 Å². The molecule has 4 aliphatic carbocycles. The third kappa shape index (κ3) is 1.01. The van der Waals surface area contributed by atoms with Crippen LogP contribution >= 0.6 is 0 Å². The van der Waals surface area contributed by atoms with E-state index in [2.05, 4.69) is 6.92 Å². The predicted octanol–water partition coefficient (Wildman–Crippen LogP) is 2.78. The summed E-state index contributed by atoms with van der Waals surface area (Å²) < 4.78 is 12.2. The molecule has 3 nitrogen and oxygen atoms in total. The fraction of sp³-hybridized carbons (Fsp3) is 0.929. The van der Waals surface area contributed by atoms with E-state index in [1.165, 1.54) is 6.42 Å². The fourth-order valence-corrected chi connectivity index (χ4v) is 4.76. The molecule has 0 aromatic rings. The van der Waals surface area contributed by atoms with Crippen LogP contribution in [0.25, 0.3) is 0 Å². The van der Waals surface area contributed by atoms with Gasteiger partial charge in [0.05, 0.1) is 11.0 Å². The lowest BCUT2D eigenvalue weighted by Gasteiger charge is -2.61. The number of carbonyl (C=O) groups excluding carboxylic acids is 1. The van der Waals surface area contributed by atoms with E-state index in [1.807, 2.05) is 0 Å². The molecule has 1 saturated heterocycles. The van der Waals surface area contributed by atoms with Gasteiger partial charge in [0.1, 0.15) is 0 Å². The van der Waals surface area contributed by atoms with Crippen LogP contribution in [0.4, 0.5) is 0 Å². The van der Waals surface area contributed by atoms with Crippen molar-refractivity contribution in [1.29, 1.82) is 0 Å². The lowest BCUT2D eigenvalue weighted by Crippen LogP contribution is -2.70. The molecular weight excluding hydrogens is 216 g/mol. The zero-order valence-corrected chi connectivity index (χ0v) is 10.5. The third-order valence-electron chi connectivity index (χ3n) is 5.93. The lowest BCUT2D eigenvalue weighted by atomic mass is 9.56. The Balaban J connectivity index is 1.71. The highest BCUT2D eigenvalue weighted by molar-refractivity contribution is 5.82. The van der Waals surface area contributed by atoms with Gasteiger partial charge in [-0.05, 0) is 44.9 Å². The van der Waals surface area contributed by atoms with Crippen molar-refractivity contribution in [3.63, 3.8) is 0 Å². The minimum absolute atomic E-state index is 0.0434. The van der Waals surface area contributed by atoms with Gasteiger partial charge < -0.3 is 9.47 Å². The van der Waals surface area contributed by atoms with Crippen molar-refractivity contribution in [3.05, 3.63) is 0 Å². The minimum atomic E-state index is -0.559. The lowest BCUT2D eigenvalue weighted by molar-refractivity contribution is -0.372. The first kappa shape index (κ1) is 10.4. The number of fused-ring (bicyclic) bond motifs is 1. The second-order valence-electron chi connectivity index (χ2n) is 6.59. The summed E-state index contributed by atoms with van der Waals surface area (Å²) in [6, 6.07) is 0. The molecule has 4 saturated carbocycles. The van der Waals surface area contributed by atoms with E-state index >= 15 is 0 Å². The Bertz CT molecular complexity index is 381. The van der Waals surface area contributed by atoms with Crippen LogP contribution in [0, 0.1) is 11.3 Å². The van der Waals surface area contributed by atoms with Crippen LogP contribution in [0.1, 0.15) is 58.3 Å². The quantitative estimate of drug-likeness (QED) is 0.607. The Hall–Kier alpha value is -0.570. The van der Waals surface area contributed by atoms with Crippen LogP contribution < -0.4 is 0 Å². The van der Waals surface area contributed by atoms with E-state index in [0.717, 1.165) is 44.9 Å².